The molecule has 19 heavy (non-hydrogen) atoms. The van der Waals surface area contributed by atoms with Crippen molar-refractivity contribution >= 4 is 22.6 Å². The molecule has 0 aromatic heterocycles. The second-order valence-electron chi connectivity index (χ2n) is 4.14. The summed E-state index contributed by atoms with van der Waals surface area (Å²) in [6.07, 6.45) is -0.869. The molecule has 1 unspecified atom stereocenters. The van der Waals surface area contributed by atoms with E-state index in [1.54, 1.807) is 0 Å². The van der Waals surface area contributed by atoms with Gasteiger partial charge in [0.25, 0.3) is 0 Å². The van der Waals surface area contributed by atoms with Gasteiger partial charge >= 0.3 is 0 Å². The minimum absolute atomic E-state index is 0.0231. The van der Waals surface area contributed by atoms with Crippen molar-refractivity contribution in [1.82, 2.24) is 0 Å². The highest BCUT2D eigenvalue weighted by Gasteiger charge is 2.16. The third kappa shape index (κ3) is 3.48. The molecule has 1 atom stereocenters. The first-order chi connectivity index (χ1) is 8.97. The lowest BCUT2D eigenvalue weighted by atomic mass is 10.0. The number of rotatable bonds is 3. The van der Waals surface area contributed by atoms with E-state index in [9.17, 15) is 18.3 Å². The summed E-state index contributed by atoms with van der Waals surface area (Å²) in [6, 6.07) is 9.01. The van der Waals surface area contributed by atoms with Gasteiger partial charge in [-0.15, -0.1) is 0 Å². The number of benzene rings is 2. The molecule has 0 aliphatic heterocycles. The molecule has 0 heterocycles. The monoisotopic (exact) mass is 378 g/mol. The topological polar surface area (TPSA) is 20.2 Å². The summed E-state index contributed by atoms with van der Waals surface area (Å²) in [5.74, 6) is -4.11. The zero-order valence-electron chi connectivity index (χ0n) is 9.71. The summed E-state index contributed by atoms with van der Waals surface area (Å²) >= 11 is 2.15. The first kappa shape index (κ1) is 14.3. The molecular formula is C14H10F3IO. The van der Waals surface area contributed by atoms with Crippen LogP contribution in [0.2, 0.25) is 0 Å². The fourth-order valence-electron chi connectivity index (χ4n) is 1.73. The summed E-state index contributed by atoms with van der Waals surface area (Å²) < 4.78 is 40.0. The van der Waals surface area contributed by atoms with Gasteiger partial charge in [-0.3, -0.25) is 0 Å². The lowest BCUT2D eigenvalue weighted by molar-refractivity contribution is 0.177. The number of aliphatic hydroxyl groups is 1. The van der Waals surface area contributed by atoms with Gasteiger partial charge in [0.1, 0.15) is 0 Å². The summed E-state index contributed by atoms with van der Waals surface area (Å²) in [4.78, 5) is 0. The van der Waals surface area contributed by atoms with Crippen LogP contribution in [0.15, 0.2) is 36.4 Å². The summed E-state index contributed by atoms with van der Waals surface area (Å²) in [6.45, 7) is 0. The molecule has 0 radical (unpaired) electrons. The van der Waals surface area contributed by atoms with E-state index in [0.717, 1.165) is 21.3 Å². The molecule has 0 aliphatic carbocycles. The number of hydrogen-bond acceptors (Lipinski definition) is 1. The Morgan fingerprint density at radius 1 is 1.00 bits per heavy atom. The van der Waals surface area contributed by atoms with Gasteiger partial charge in [0.2, 0.25) is 0 Å². The molecule has 0 aliphatic rings. The summed E-state index contributed by atoms with van der Waals surface area (Å²) in [7, 11) is 0. The van der Waals surface area contributed by atoms with Crippen molar-refractivity contribution < 1.29 is 18.3 Å². The Morgan fingerprint density at radius 2 is 1.53 bits per heavy atom. The predicted octanol–water partition coefficient (Wildman–Crippen LogP) is 3.98. The Bertz CT molecular complexity index is 561. The van der Waals surface area contributed by atoms with Crippen LogP contribution in [0.1, 0.15) is 17.2 Å². The first-order valence-corrected chi connectivity index (χ1v) is 6.62. The van der Waals surface area contributed by atoms with Crippen molar-refractivity contribution in [3.63, 3.8) is 0 Å². The second kappa shape index (κ2) is 5.92. The van der Waals surface area contributed by atoms with E-state index in [4.69, 9.17) is 0 Å². The minimum Gasteiger partial charge on any atom is -0.388 e. The maximum Gasteiger partial charge on any atom is 0.194 e. The zero-order chi connectivity index (χ0) is 14.0. The third-order valence-corrected chi connectivity index (χ3v) is 3.45. The second-order valence-corrected chi connectivity index (χ2v) is 5.39. The predicted molar refractivity (Wildman–Crippen MR) is 74.1 cm³/mol. The molecule has 0 amide bonds. The highest BCUT2D eigenvalue weighted by Crippen LogP contribution is 2.22. The first-order valence-electron chi connectivity index (χ1n) is 5.54. The van der Waals surface area contributed by atoms with E-state index in [-0.39, 0.29) is 12.0 Å². The number of halogens is 4. The Labute approximate surface area is 122 Å². The van der Waals surface area contributed by atoms with E-state index in [1.165, 1.54) is 0 Å². The van der Waals surface area contributed by atoms with Crippen LogP contribution in [0.4, 0.5) is 13.2 Å². The molecule has 100 valence electrons. The van der Waals surface area contributed by atoms with Crippen molar-refractivity contribution in [2.45, 2.75) is 12.5 Å². The lowest BCUT2D eigenvalue weighted by Crippen LogP contribution is -2.04. The maximum atomic E-state index is 13.1. The van der Waals surface area contributed by atoms with Crippen molar-refractivity contribution in [3.8, 4) is 0 Å². The number of hydrogen-bond donors (Lipinski definition) is 1. The largest absolute Gasteiger partial charge is 0.388 e. The fourth-order valence-corrected chi connectivity index (χ4v) is 2.09. The number of aliphatic hydroxyl groups excluding tert-OH is 1. The average Bonchev–Trinajstić information content (AvgIpc) is 2.38. The smallest absolute Gasteiger partial charge is 0.194 e. The summed E-state index contributed by atoms with van der Waals surface area (Å²) in [5, 5.41) is 9.93. The quantitative estimate of drug-likeness (QED) is 0.633. The zero-order valence-corrected chi connectivity index (χ0v) is 11.9. The standard InChI is InChI=1S/C14H10F3IO/c15-11-6-9(7-12(16)14(11)17)13(19)5-8-1-3-10(18)4-2-8/h1-4,6-7,13,19H,5H2. The average molecular weight is 378 g/mol. The van der Waals surface area contributed by atoms with E-state index >= 15 is 0 Å². The normalized spacial score (nSPS) is 12.5. The Balaban J connectivity index is 2.20. The highest BCUT2D eigenvalue weighted by molar-refractivity contribution is 14.1. The van der Waals surface area contributed by atoms with Crippen molar-refractivity contribution in [1.29, 1.82) is 0 Å². The van der Waals surface area contributed by atoms with Crippen molar-refractivity contribution in [2.75, 3.05) is 0 Å². The van der Waals surface area contributed by atoms with Gasteiger partial charge < -0.3 is 5.11 Å². The molecule has 2 aromatic carbocycles. The fraction of sp³-hybridized carbons (Fsp3) is 0.143. The van der Waals surface area contributed by atoms with Gasteiger partial charge in [-0.1, -0.05) is 12.1 Å². The van der Waals surface area contributed by atoms with Gasteiger partial charge in [0.15, 0.2) is 17.5 Å². The lowest BCUT2D eigenvalue weighted by Gasteiger charge is -2.12. The molecule has 0 spiro atoms. The molecule has 2 aromatic rings. The summed E-state index contributed by atoms with van der Waals surface area (Å²) in [5.41, 5.74) is 0.855. The van der Waals surface area contributed by atoms with Crippen LogP contribution < -0.4 is 0 Å². The molecule has 1 N–H and O–H groups in total. The van der Waals surface area contributed by atoms with Gasteiger partial charge in [-0.2, -0.15) is 0 Å². The molecule has 0 bridgehead atoms. The Morgan fingerprint density at radius 3 is 2.05 bits per heavy atom. The van der Waals surface area contributed by atoms with E-state index in [1.807, 2.05) is 24.3 Å². The maximum absolute atomic E-state index is 13.1. The molecule has 1 nitrogen and oxygen atoms in total. The van der Waals surface area contributed by atoms with E-state index < -0.39 is 23.6 Å². The van der Waals surface area contributed by atoms with Crippen LogP contribution in [0.5, 0.6) is 0 Å². The van der Waals surface area contributed by atoms with Crippen molar-refractivity contribution in [2.24, 2.45) is 0 Å². The van der Waals surface area contributed by atoms with Gasteiger partial charge in [-0.25, -0.2) is 13.2 Å². The van der Waals surface area contributed by atoms with Crippen LogP contribution >= 0.6 is 22.6 Å². The molecule has 0 fully saturated rings. The van der Waals surface area contributed by atoms with Crippen LogP contribution in [0.25, 0.3) is 0 Å². The Kier molecular flexibility index (Phi) is 4.46. The van der Waals surface area contributed by atoms with Crippen LogP contribution in [0, 0.1) is 21.0 Å². The highest BCUT2D eigenvalue weighted by atomic mass is 127. The molecule has 5 heteroatoms. The molecule has 0 saturated carbocycles. The van der Waals surface area contributed by atoms with Gasteiger partial charge in [0, 0.05) is 9.99 Å². The molecule has 2 rings (SSSR count). The molecular weight excluding hydrogens is 368 g/mol. The van der Waals surface area contributed by atoms with Crippen molar-refractivity contribution in [3.05, 3.63) is 68.5 Å². The van der Waals surface area contributed by atoms with Crippen LogP contribution in [0.3, 0.4) is 0 Å². The van der Waals surface area contributed by atoms with Gasteiger partial charge in [0.05, 0.1) is 6.10 Å². The SMILES string of the molecule is OC(Cc1ccc(I)cc1)c1cc(F)c(F)c(F)c1. The van der Waals surface area contributed by atoms with Crippen LogP contribution in [-0.4, -0.2) is 5.11 Å². The van der Waals surface area contributed by atoms with Crippen LogP contribution in [-0.2, 0) is 6.42 Å². The third-order valence-electron chi connectivity index (χ3n) is 2.73. The Hall–Kier alpha value is -1.08. The molecule has 0 saturated heterocycles. The minimum atomic E-state index is -1.52. The van der Waals surface area contributed by atoms with E-state index in [2.05, 4.69) is 22.6 Å². The van der Waals surface area contributed by atoms with Gasteiger partial charge in [-0.05, 0) is 58.0 Å². The van der Waals surface area contributed by atoms with E-state index in [0.29, 0.717) is 0 Å².